The van der Waals surface area contributed by atoms with Gasteiger partial charge in [0.15, 0.2) is 0 Å². The van der Waals surface area contributed by atoms with Crippen LogP contribution in [-0.4, -0.2) is 4.83 Å². The minimum absolute atomic E-state index is 0.587. The smallest absolute Gasteiger partial charge is 0.0322 e. The molecule has 1 unspecified atom stereocenters. The number of allylic oxidation sites excluding steroid dienone is 2. The van der Waals surface area contributed by atoms with Gasteiger partial charge in [0.2, 0.25) is 0 Å². The van der Waals surface area contributed by atoms with E-state index in [2.05, 4.69) is 41.9 Å². The van der Waals surface area contributed by atoms with Gasteiger partial charge < -0.3 is 0 Å². The van der Waals surface area contributed by atoms with Gasteiger partial charge in [-0.15, -0.1) is 0 Å². The first-order chi connectivity index (χ1) is 4.31. The second-order valence-corrected chi connectivity index (χ2v) is 3.32. The fourth-order valence-electron chi connectivity index (χ4n) is 0.547. The van der Waals surface area contributed by atoms with Crippen LogP contribution < -0.4 is 0 Å². The molecule has 0 aromatic carbocycles. The molecule has 0 aromatic heterocycles. The average Bonchev–Trinajstić information content (AvgIpc) is 1.89. The average molecular weight is 191 g/mol. The van der Waals surface area contributed by atoms with Crippen molar-refractivity contribution in [3.63, 3.8) is 0 Å². The van der Waals surface area contributed by atoms with Gasteiger partial charge in [0, 0.05) is 4.83 Å². The lowest BCUT2D eigenvalue weighted by atomic mass is 10.2. The van der Waals surface area contributed by atoms with E-state index in [0.29, 0.717) is 4.83 Å². The fourth-order valence-corrected chi connectivity index (χ4v) is 0.762. The van der Waals surface area contributed by atoms with Crippen molar-refractivity contribution >= 4 is 15.9 Å². The molecule has 0 N–H and O–H groups in total. The Morgan fingerprint density at radius 2 is 2.11 bits per heavy atom. The molecule has 0 aromatic rings. The normalized spacial score (nSPS) is 14.6. The van der Waals surface area contributed by atoms with Crippen molar-refractivity contribution in [2.45, 2.75) is 37.9 Å². The van der Waals surface area contributed by atoms with E-state index in [4.69, 9.17) is 0 Å². The first kappa shape index (κ1) is 9.22. The number of rotatable bonds is 4. The maximum absolute atomic E-state index is 3.52. The molecular weight excluding hydrogens is 176 g/mol. The Bertz CT molecular complexity index is 76.6. The Morgan fingerprint density at radius 3 is 2.56 bits per heavy atom. The summed E-state index contributed by atoms with van der Waals surface area (Å²) in [5, 5.41) is 0. The molecule has 0 heterocycles. The third-order valence-corrected chi connectivity index (χ3v) is 2.14. The molecule has 0 radical (unpaired) electrons. The van der Waals surface area contributed by atoms with Crippen molar-refractivity contribution in [3.05, 3.63) is 12.2 Å². The molecule has 9 heavy (non-hydrogen) atoms. The molecule has 0 aliphatic heterocycles. The van der Waals surface area contributed by atoms with Crippen LogP contribution in [0.25, 0.3) is 0 Å². The van der Waals surface area contributed by atoms with Gasteiger partial charge in [-0.05, 0) is 12.8 Å². The Labute approximate surface area is 66.5 Å². The molecule has 0 bridgehead atoms. The van der Waals surface area contributed by atoms with Gasteiger partial charge in [-0.2, -0.15) is 0 Å². The summed E-state index contributed by atoms with van der Waals surface area (Å²) in [6.45, 7) is 4.37. The van der Waals surface area contributed by atoms with E-state index < -0.39 is 0 Å². The van der Waals surface area contributed by atoms with Crippen molar-refractivity contribution < 1.29 is 0 Å². The summed E-state index contributed by atoms with van der Waals surface area (Å²) in [6.07, 6.45) is 8.11. The van der Waals surface area contributed by atoms with E-state index in [9.17, 15) is 0 Å². The van der Waals surface area contributed by atoms with Gasteiger partial charge in [-0.1, -0.05) is 48.4 Å². The van der Waals surface area contributed by atoms with Crippen LogP contribution in [0.2, 0.25) is 0 Å². The number of hydrogen-bond acceptors (Lipinski definition) is 0. The molecule has 0 aliphatic carbocycles. The maximum Gasteiger partial charge on any atom is 0.0322 e. The lowest BCUT2D eigenvalue weighted by Crippen LogP contribution is -1.86. The second-order valence-electron chi connectivity index (χ2n) is 2.14. The molecule has 0 saturated carbocycles. The molecule has 0 amide bonds. The highest BCUT2D eigenvalue weighted by atomic mass is 79.9. The molecule has 1 atom stereocenters. The predicted octanol–water partition coefficient (Wildman–Crippen LogP) is 3.52. The zero-order valence-corrected chi connectivity index (χ0v) is 7.82. The molecule has 1 heteroatoms. The van der Waals surface area contributed by atoms with E-state index in [1.165, 1.54) is 19.3 Å². The van der Waals surface area contributed by atoms with E-state index in [1.807, 2.05) is 0 Å². The van der Waals surface area contributed by atoms with Crippen molar-refractivity contribution in [1.82, 2.24) is 0 Å². The van der Waals surface area contributed by atoms with Crippen molar-refractivity contribution in [3.8, 4) is 0 Å². The highest BCUT2D eigenvalue weighted by Crippen LogP contribution is 2.06. The lowest BCUT2D eigenvalue weighted by molar-refractivity contribution is 0.935. The molecule has 0 saturated heterocycles. The van der Waals surface area contributed by atoms with Gasteiger partial charge in [-0.3, -0.25) is 0 Å². The summed E-state index contributed by atoms with van der Waals surface area (Å²) in [4.78, 5) is 0.587. The van der Waals surface area contributed by atoms with E-state index >= 15 is 0 Å². The molecule has 0 nitrogen and oxygen atoms in total. The second kappa shape index (κ2) is 6.34. The van der Waals surface area contributed by atoms with E-state index in [-0.39, 0.29) is 0 Å². The van der Waals surface area contributed by atoms with Gasteiger partial charge in [-0.25, -0.2) is 0 Å². The SMILES string of the molecule is CCCC=CC(Br)CC. The van der Waals surface area contributed by atoms with Crippen LogP contribution in [0.4, 0.5) is 0 Å². The minimum atomic E-state index is 0.587. The van der Waals surface area contributed by atoms with Crippen molar-refractivity contribution in [2.24, 2.45) is 0 Å². The van der Waals surface area contributed by atoms with Gasteiger partial charge in [0.05, 0.1) is 0 Å². The Hall–Kier alpha value is 0.220. The quantitative estimate of drug-likeness (QED) is 0.471. The van der Waals surface area contributed by atoms with Crippen LogP contribution in [-0.2, 0) is 0 Å². The third-order valence-electron chi connectivity index (χ3n) is 1.19. The Balaban J connectivity index is 3.20. The summed E-state index contributed by atoms with van der Waals surface area (Å²) in [5.74, 6) is 0. The standard InChI is InChI=1S/C8H15Br/c1-3-5-6-7-8(9)4-2/h6-8H,3-5H2,1-2H3. The van der Waals surface area contributed by atoms with Crippen LogP contribution in [0.5, 0.6) is 0 Å². The third kappa shape index (κ3) is 6.10. The largest absolute Gasteiger partial charge is 0.0874 e. The molecule has 0 spiro atoms. The molecule has 0 fully saturated rings. The maximum atomic E-state index is 3.52. The van der Waals surface area contributed by atoms with Crippen molar-refractivity contribution in [1.29, 1.82) is 0 Å². The number of unbranched alkanes of at least 4 members (excludes halogenated alkanes) is 1. The Morgan fingerprint density at radius 1 is 1.44 bits per heavy atom. The van der Waals surface area contributed by atoms with Crippen LogP contribution in [0.15, 0.2) is 12.2 Å². The number of halogens is 1. The number of hydrogen-bond donors (Lipinski definition) is 0. The van der Waals surface area contributed by atoms with Crippen LogP contribution in [0.3, 0.4) is 0 Å². The molecule has 0 aliphatic rings. The van der Waals surface area contributed by atoms with E-state index in [1.54, 1.807) is 0 Å². The zero-order chi connectivity index (χ0) is 7.11. The van der Waals surface area contributed by atoms with Crippen LogP contribution in [0.1, 0.15) is 33.1 Å². The molecule has 0 rings (SSSR count). The van der Waals surface area contributed by atoms with Gasteiger partial charge in [0.1, 0.15) is 0 Å². The first-order valence-corrected chi connectivity index (χ1v) is 4.53. The minimum Gasteiger partial charge on any atom is -0.0874 e. The van der Waals surface area contributed by atoms with Crippen molar-refractivity contribution in [2.75, 3.05) is 0 Å². The highest BCUT2D eigenvalue weighted by molar-refractivity contribution is 9.09. The predicted molar refractivity (Wildman–Crippen MR) is 47.1 cm³/mol. The topological polar surface area (TPSA) is 0 Å². The lowest BCUT2D eigenvalue weighted by Gasteiger charge is -1.95. The summed E-state index contributed by atoms with van der Waals surface area (Å²) >= 11 is 3.52. The van der Waals surface area contributed by atoms with E-state index in [0.717, 1.165) is 0 Å². The highest BCUT2D eigenvalue weighted by Gasteiger charge is 1.90. The molecular formula is C8H15Br. The monoisotopic (exact) mass is 190 g/mol. The first-order valence-electron chi connectivity index (χ1n) is 3.62. The molecule has 54 valence electrons. The zero-order valence-electron chi connectivity index (χ0n) is 6.23. The van der Waals surface area contributed by atoms with Gasteiger partial charge in [0.25, 0.3) is 0 Å². The number of alkyl halides is 1. The summed E-state index contributed by atoms with van der Waals surface area (Å²) in [5.41, 5.74) is 0. The summed E-state index contributed by atoms with van der Waals surface area (Å²) in [7, 11) is 0. The summed E-state index contributed by atoms with van der Waals surface area (Å²) < 4.78 is 0. The Kier molecular flexibility index (Phi) is 6.50. The van der Waals surface area contributed by atoms with Crippen LogP contribution >= 0.6 is 15.9 Å². The summed E-state index contributed by atoms with van der Waals surface area (Å²) in [6, 6.07) is 0. The van der Waals surface area contributed by atoms with Gasteiger partial charge >= 0.3 is 0 Å². The fraction of sp³-hybridized carbons (Fsp3) is 0.750. The van der Waals surface area contributed by atoms with Crippen LogP contribution in [0, 0.1) is 0 Å².